The number of aryl methyl sites for hydroxylation is 1. The Balaban J connectivity index is 0.00000128. The lowest BCUT2D eigenvalue weighted by Gasteiger charge is -2.18. The van der Waals surface area contributed by atoms with Crippen LogP contribution >= 0.6 is 23.2 Å². The number of halogens is 2. The highest BCUT2D eigenvalue weighted by Crippen LogP contribution is 2.34. The first-order valence-corrected chi connectivity index (χ1v) is 14.2. The first kappa shape index (κ1) is 31.4. The van der Waals surface area contributed by atoms with Crippen molar-refractivity contribution in [2.24, 2.45) is 0 Å². The van der Waals surface area contributed by atoms with Crippen molar-refractivity contribution in [1.82, 2.24) is 34.5 Å². The third kappa shape index (κ3) is 6.72. The number of aromatic amines is 1. The molecule has 1 aromatic carbocycles. The van der Waals surface area contributed by atoms with Crippen LogP contribution in [0.4, 0.5) is 10.5 Å². The molecule has 1 amide bonds. The predicted molar refractivity (Wildman–Crippen MR) is 165 cm³/mol. The van der Waals surface area contributed by atoms with E-state index in [-0.39, 0.29) is 36.4 Å². The van der Waals surface area contributed by atoms with Gasteiger partial charge in [0.05, 0.1) is 60.5 Å². The average molecular weight is 653 g/mol. The Kier molecular flexibility index (Phi) is 9.56. The minimum absolute atomic E-state index is 0.169. The largest absolute Gasteiger partial charge is 0.483 e. The number of nitrogens with one attached hydrogen (secondary N) is 1. The van der Waals surface area contributed by atoms with Crippen molar-refractivity contribution in [3.63, 3.8) is 0 Å². The fourth-order valence-electron chi connectivity index (χ4n) is 5.17. The second-order valence-corrected chi connectivity index (χ2v) is 10.6. The Morgan fingerprint density at radius 1 is 1.18 bits per heavy atom. The molecule has 0 saturated carbocycles. The summed E-state index contributed by atoms with van der Waals surface area (Å²) in [5.74, 6) is 0.637. The quantitative estimate of drug-likeness (QED) is 0.201. The molecular weight excluding hydrogens is 627 g/mol. The van der Waals surface area contributed by atoms with E-state index in [2.05, 4.69) is 25.3 Å². The molecule has 0 radical (unpaired) electrons. The fraction of sp³-hybridized carbons (Fsp3) is 0.207. The molecule has 0 aliphatic carbocycles. The first-order valence-electron chi connectivity index (χ1n) is 13.5. The Hall–Kier alpha value is -5.05. The van der Waals surface area contributed by atoms with E-state index in [0.717, 1.165) is 11.3 Å². The van der Waals surface area contributed by atoms with Gasteiger partial charge in [-0.25, -0.2) is 14.5 Å². The molecule has 1 aliphatic rings. The second kappa shape index (κ2) is 13.7. The highest BCUT2D eigenvalue weighted by Gasteiger charge is 2.28. The molecule has 232 valence electrons. The number of ether oxygens (including phenoxy) is 1. The summed E-state index contributed by atoms with van der Waals surface area (Å²) in [5, 5.41) is 25.1. The van der Waals surface area contributed by atoms with Gasteiger partial charge in [-0.05, 0) is 54.8 Å². The van der Waals surface area contributed by atoms with Crippen LogP contribution in [0.5, 0.6) is 0 Å². The number of carbonyl (C=O) groups is 2. The third-order valence-electron chi connectivity index (χ3n) is 7.11. The molecule has 3 N–H and O–H groups in total. The molecule has 5 heterocycles. The van der Waals surface area contributed by atoms with E-state index < -0.39 is 6.09 Å². The lowest BCUT2D eigenvalue weighted by Crippen LogP contribution is -2.32. The summed E-state index contributed by atoms with van der Waals surface area (Å²) in [4.78, 5) is 46.9. The Bertz CT molecular complexity index is 1890. The average Bonchev–Trinajstić information content (AvgIpc) is 3.78. The van der Waals surface area contributed by atoms with Crippen molar-refractivity contribution < 1.29 is 24.5 Å². The summed E-state index contributed by atoms with van der Waals surface area (Å²) >= 11 is 12.3. The van der Waals surface area contributed by atoms with Gasteiger partial charge in [-0.15, -0.1) is 5.10 Å². The van der Waals surface area contributed by atoms with Crippen LogP contribution in [0.25, 0.3) is 28.2 Å². The van der Waals surface area contributed by atoms with Crippen LogP contribution in [-0.4, -0.2) is 77.6 Å². The van der Waals surface area contributed by atoms with Crippen molar-refractivity contribution in [1.29, 1.82) is 0 Å². The van der Waals surface area contributed by atoms with Crippen molar-refractivity contribution in [3.05, 3.63) is 93.1 Å². The monoisotopic (exact) mass is 652 g/mol. The summed E-state index contributed by atoms with van der Waals surface area (Å²) in [5.41, 5.74) is 4.52. The normalized spacial score (nSPS) is 13.5. The number of aromatic nitrogens is 7. The number of H-pyrrole nitrogens is 1. The van der Waals surface area contributed by atoms with E-state index in [0.29, 0.717) is 52.0 Å². The molecular formula is C29H26Cl2N8O6. The molecule has 6 rings (SSSR count). The number of methoxy groups -OCH3 is 1. The van der Waals surface area contributed by atoms with E-state index in [9.17, 15) is 14.7 Å². The highest BCUT2D eigenvalue weighted by molar-refractivity contribution is 6.31. The number of hydrogen-bond acceptors (Lipinski definition) is 8. The molecule has 0 spiro atoms. The van der Waals surface area contributed by atoms with Crippen molar-refractivity contribution in [2.45, 2.75) is 18.9 Å². The predicted octanol–water partition coefficient (Wildman–Crippen LogP) is 4.56. The summed E-state index contributed by atoms with van der Waals surface area (Å²) in [7, 11) is 1.51. The van der Waals surface area contributed by atoms with Gasteiger partial charge in [0, 0.05) is 29.5 Å². The Morgan fingerprint density at radius 2 is 1.98 bits per heavy atom. The SMILES string of the molecule is COCCN(C(=O)O)c1ccc(-c2cnc([C@@H]3CCc4cc(-c5cc(Cl)ccc5-n5cc(Cl)nn5)cc(=O)n43)[nH]2)nc1.O=CO. The lowest BCUT2D eigenvalue weighted by molar-refractivity contribution is -0.122. The molecule has 16 heteroatoms. The van der Waals surface area contributed by atoms with Gasteiger partial charge in [0.1, 0.15) is 5.82 Å². The number of rotatable bonds is 8. The summed E-state index contributed by atoms with van der Waals surface area (Å²) in [6.07, 6.45) is 5.02. The molecule has 0 fully saturated rings. The van der Waals surface area contributed by atoms with Gasteiger partial charge >= 0.3 is 6.09 Å². The zero-order valence-corrected chi connectivity index (χ0v) is 25.2. The molecule has 4 aromatic heterocycles. The Labute approximate surface area is 265 Å². The van der Waals surface area contributed by atoms with Gasteiger partial charge in [0.2, 0.25) is 0 Å². The molecule has 0 bridgehead atoms. The number of carboxylic acid groups (broad SMARTS) is 2. The van der Waals surface area contributed by atoms with Crippen molar-refractivity contribution >= 4 is 41.5 Å². The van der Waals surface area contributed by atoms with Gasteiger partial charge in [-0.1, -0.05) is 28.4 Å². The number of benzene rings is 1. The van der Waals surface area contributed by atoms with Gasteiger partial charge in [0.25, 0.3) is 12.0 Å². The summed E-state index contributed by atoms with van der Waals surface area (Å²) in [6.45, 7) is 0.199. The maximum absolute atomic E-state index is 13.5. The van der Waals surface area contributed by atoms with E-state index in [1.54, 1.807) is 58.0 Å². The fourth-order valence-corrected chi connectivity index (χ4v) is 5.47. The smallest absolute Gasteiger partial charge is 0.411 e. The minimum atomic E-state index is -1.09. The van der Waals surface area contributed by atoms with Crippen LogP contribution in [-0.2, 0) is 16.0 Å². The van der Waals surface area contributed by atoms with Crippen LogP contribution < -0.4 is 10.5 Å². The molecule has 0 saturated heterocycles. The van der Waals surface area contributed by atoms with Gasteiger partial charge < -0.3 is 24.5 Å². The second-order valence-electron chi connectivity index (χ2n) is 9.76. The maximum Gasteiger partial charge on any atom is 0.411 e. The number of pyridine rings is 2. The molecule has 45 heavy (non-hydrogen) atoms. The van der Waals surface area contributed by atoms with Crippen LogP contribution in [0.1, 0.15) is 24.0 Å². The lowest BCUT2D eigenvalue weighted by atomic mass is 10.0. The minimum Gasteiger partial charge on any atom is -0.483 e. The van der Waals surface area contributed by atoms with Crippen LogP contribution in [0.2, 0.25) is 10.2 Å². The highest BCUT2D eigenvalue weighted by atomic mass is 35.5. The topological polar surface area (TPSA) is 181 Å². The van der Waals surface area contributed by atoms with Gasteiger partial charge in [0.15, 0.2) is 5.15 Å². The van der Waals surface area contributed by atoms with Crippen molar-refractivity contribution in [2.75, 3.05) is 25.2 Å². The number of imidazole rings is 1. The Morgan fingerprint density at radius 3 is 2.64 bits per heavy atom. The number of fused-ring (bicyclic) bond motifs is 1. The molecule has 5 aromatic rings. The first-order chi connectivity index (χ1) is 21.7. The third-order valence-corrected chi connectivity index (χ3v) is 7.52. The zero-order valence-electron chi connectivity index (χ0n) is 23.7. The standard InChI is InChI=1S/C28H24Cl2N8O4.CH2O2/c1-42-9-8-36(28(40)41)19-3-5-21(31-13-19)22-14-32-27(33-22)24-7-4-18-10-16(11-26(39)38(18)24)20-12-17(29)2-6-23(20)37-15-25(30)34-35-37;2-1-3/h2-3,5-6,10-15,24H,4,7-9H2,1H3,(H,32,33)(H,40,41);1H,(H,2,3)/t24-;/m0./s1. The van der Waals surface area contributed by atoms with Gasteiger partial charge in [-0.2, -0.15) is 0 Å². The summed E-state index contributed by atoms with van der Waals surface area (Å²) in [6, 6.07) is 12.0. The maximum atomic E-state index is 13.5. The number of nitrogens with zero attached hydrogens (tertiary/aromatic N) is 7. The number of amides is 1. The molecule has 1 atom stereocenters. The van der Waals surface area contributed by atoms with E-state index in [1.165, 1.54) is 18.2 Å². The summed E-state index contributed by atoms with van der Waals surface area (Å²) < 4.78 is 8.30. The van der Waals surface area contributed by atoms with Crippen LogP contribution in [0, 0.1) is 0 Å². The van der Waals surface area contributed by atoms with Crippen LogP contribution in [0.3, 0.4) is 0 Å². The zero-order chi connectivity index (χ0) is 32.1. The number of anilines is 1. The molecule has 1 aliphatic heterocycles. The van der Waals surface area contributed by atoms with Crippen molar-refractivity contribution in [3.8, 4) is 28.2 Å². The molecule has 0 unspecified atom stereocenters. The molecule has 14 nitrogen and oxygen atoms in total. The van der Waals surface area contributed by atoms with E-state index >= 15 is 0 Å². The van der Waals surface area contributed by atoms with Gasteiger partial charge in [-0.3, -0.25) is 19.5 Å². The van der Waals surface area contributed by atoms with Crippen LogP contribution in [0.15, 0.2) is 65.8 Å². The number of hydrogen-bond donors (Lipinski definition) is 3. The van der Waals surface area contributed by atoms with E-state index in [1.807, 2.05) is 6.07 Å². The van der Waals surface area contributed by atoms with E-state index in [4.69, 9.17) is 37.8 Å².